The maximum Gasteiger partial charge on any atom is 0.292 e. The minimum atomic E-state index is -0.473. The summed E-state index contributed by atoms with van der Waals surface area (Å²) >= 11 is 0. The summed E-state index contributed by atoms with van der Waals surface area (Å²) in [5.41, 5.74) is 6.60. The molecule has 1 aromatic carbocycles. The number of benzene rings is 1. The fraction of sp³-hybridized carbons (Fsp3) is 0.500. The van der Waals surface area contributed by atoms with Crippen LogP contribution in [0.2, 0.25) is 0 Å². The van der Waals surface area contributed by atoms with Crippen LogP contribution in [0.1, 0.15) is 33.1 Å². The molecule has 0 bridgehead atoms. The van der Waals surface area contributed by atoms with Crippen LogP contribution in [0.3, 0.4) is 0 Å². The van der Waals surface area contributed by atoms with Crippen LogP contribution in [0.25, 0.3) is 0 Å². The Hall–Kier alpha value is -1.78. The molecule has 0 radical (unpaired) electrons. The zero-order chi connectivity index (χ0) is 12.8. The van der Waals surface area contributed by atoms with Gasteiger partial charge in [-0.15, -0.1) is 0 Å². The molecular weight excluding hydrogens is 218 g/mol. The Kier molecular flexibility index (Phi) is 4.75. The van der Waals surface area contributed by atoms with Gasteiger partial charge in [0.15, 0.2) is 0 Å². The van der Waals surface area contributed by atoms with Gasteiger partial charge in [-0.05, 0) is 25.5 Å². The lowest BCUT2D eigenvalue weighted by Crippen LogP contribution is -2.14. The van der Waals surface area contributed by atoms with Crippen molar-refractivity contribution in [3.8, 4) is 0 Å². The van der Waals surface area contributed by atoms with Crippen molar-refractivity contribution >= 4 is 17.1 Å². The van der Waals surface area contributed by atoms with E-state index < -0.39 is 4.92 Å². The van der Waals surface area contributed by atoms with Gasteiger partial charge in [0.1, 0.15) is 5.69 Å². The molecule has 1 unspecified atom stereocenters. The first-order chi connectivity index (χ1) is 8.04. The predicted molar refractivity (Wildman–Crippen MR) is 70.1 cm³/mol. The smallest absolute Gasteiger partial charge is 0.292 e. The van der Waals surface area contributed by atoms with Crippen LogP contribution >= 0.6 is 0 Å². The lowest BCUT2D eigenvalue weighted by molar-refractivity contribution is -0.383. The Labute approximate surface area is 101 Å². The fourth-order valence-corrected chi connectivity index (χ4v) is 1.68. The van der Waals surface area contributed by atoms with Crippen molar-refractivity contribution in [3.05, 3.63) is 28.3 Å². The Bertz CT molecular complexity index is 393. The number of nitro benzene ring substituents is 1. The van der Waals surface area contributed by atoms with Gasteiger partial charge < -0.3 is 11.1 Å². The number of nitrogen functional groups attached to an aromatic ring is 1. The molecule has 0 aliphatic carbocycles. The molecule has 1 aromatic rings. The minimum absolute atomic E-state index is 0.0447. The third kappa shape index (κ3) is 3.94. The molecule has 0 spiro atoms. The summed E-state index contributed by atoms with van der Waals surface area (Å²) in [5, 5.41) is 13.9. The number of hydrogen-bond donors (Lipinski definition) is 2. The van der Waals surface area contributed by atoms with E-state index in [0.717, 1.165) is 24.9 Å². The number of nitrogens with one attached hydrogen (secondary N) is 1. The second kappa shape index (κ2) is 6.08. The first-order valence-corrected chi connectivity index (χ1v) is 5.85. The van der Waals surface area contributed by atoms with Crippen LogP contribution in [0.15, 0.2) is 18.2 Å². The van der Waals surface area contributed by atoms with Crippen LogP contribution in [0.4, 0.5) is 17.1 Å². The summed E-state index contributed by atoms with van der Waals surface area (Å²) < 4.78 is 0. The third-order valence-electron chi connectivity index (χ3n) is 2.63. The van der Waals surface area contributed by atoms with Crippen LogP contribution in [-0.2, 0) is 0 Å². The molecule has 0 amide bonds. The van der Waals surface area contributed by atoms with Crippen molar-refractivity contribution in [3.63, 3.8) is 0 Å². The minimum Gasteiger partial charge on any atom is -0.393 e. The number of nitrogens with two attached hydrogens (primary N) is 1. The van der Waals surface area contributed by atoms with Crippen molar-refractivity contribution in [1.29, 1.82) is 0 Å². The zero-order valence-electron chi connectivity index (χ0n) is 10.3. The molecule has 5 nitrogen and oxygen atoms in total. The summed E-state index contributed by atoms with van der Waals surface area (Å²) in [6.07, 6.45) is 3.40. The summed E-state index contributed by atoms with van der Waals surface area (Å²) in [6, 6.07) is 5.08. The topological polar surface area (TPSA) is 81.2 Å². The van der Waals surface area contributed by atoms with Crippen molar-refractivity contribution < 1.29 is 4.92 Å². The van der Waals surface area contributed by atoms with Crippen LogP contribution in [0.5, 0.6) is 0 Å². The Morgan fingerprint density at radius 2 is 2.24 bits per heavy atom. The van der Waals surface area contributed by atoms with Crippen molar-refractivity contribution in [2.75, 3.05) is 11.1 Å². The van der Waals surface area contributed by atoms with E-state index in [-0.39, 0.29) is 11.4 Å². The van der Waals surface area contributed by atoms with E-state index in [9.17, 15) is 10.1 Å². The quantitative estimate of drug-likeness (QED) is 0.452. The van der Waals surface area contributed by atoms with Gasteiger partial charge in [-0.1, -0.05) is 19.8 Å². The second-order valence-corrected chi connectivity index (χ2v) is 4.22. The van der Waals surface area contributed by atoms with Gasteiger partial charge in [0.25, 0.3) is 5.69 Å². The van der Waals surface area contributed by atoms with Crippen molar-refractivity contribution in [2.24, 2.45) is 0 Å². The SMILES string of the molecule is CCCCC(C)Nc1ccc([N+](=O)[O-])c(N)c1. The molecule has 5 heteroatoms. The molecule has 0 aliphatic rings. The van der Waals surface area contributed by atoms with Gasteiger partial charge in [-0.25, -0.2) is 0 Å². The first kappa shape index (κ1) is 13.3. The molecule has 3 N–H and O–H groups in total. The monoisotopic (exact) mass is 237 g/mol. The molecule has 0 saturated carbocycles. The second-order valence-electron chi connectivity index (χ2n) is 4.22. The van der Waals surface area contributed by atoms with Crippen molar-refractivity contribution in [1.82, 2.24) is 0 Å². The number of nitrogens with zero attached hydrogens (tertiary/aromatic N) is 1. The van der Waals surface area contributed by atoms with Crippen LogP contribution < -0.4 is 11.1 Å². The molecule has 0 saturated heterocycles. The number of hydrogen-bond acceptors (Lipinski definition) is 4. The van der Waals surface area contributed by atoms with Gasteiger partial charge in [0.2, 0.25) is 0 Å². The molecule has 0 aromatic heterocycles. The molecule has 17 heavy (non-hydrogen) atoms. The van der Waals surface area contributed by atoms with E-state index in [0.29, 0.717) is 6.04 Å². The maximum absolute atomic E-state index is 10.6. The summed E-state index contributed by atoms with van der Waals surface area (Å²) in [5.74, 6) is 0. The highest BCUT2D eigenvalue weighted by Gasteiger charge is 2.11. The predicted octanol–water partition coefficient (Wildman–Crippen LogP) is 3.17. The van der Waals surface area contributed by atoms with E-state index in [1.165, 1.54) is 6.07 Å². The normalized spacial score (nSPS) is 12.1. The summed E-state index contributed by atoms with van der Waals surface area (Å²) in [4.78, 5) is 10.1. The number of nitro groups is 1. The average Bonchev–Trinajstić information content (AvgIpc) is 2.26. The lowest BCUT2D eigenvalue weighted by Gasteiger charge is -2.15. The van der Waals surface area contributed by atoms with E-state index in [1.807, 2.05) is 0 Å². The molecule has 0 fully saturated rings. The van der Waals surface area contributed by atoms with Gasteiger partial charge in [-0.2, -0.15) is 0 Å². The summed E-state index contributed by atoms with van der Waals surface area (Å²) in [7, 11) is 0. The molecule has 1 rings (SSSR count). The van der Waals surface area contributed by atoms with Crippen LogP contribution in [0, 0.1) is 10.1 Å². The maximum atomic E-state index is 10.6. The van der Waals surface area contributed by atoms with E-state index >= 15 is 0 Å². The zero-order valence-corrected chi connectivity index (χ0v) is 10.3. The number of unbranched alkanes of at least 4 members (excludes halogenated alkanes) is 1. The average molecular weight is 237 g/mol. The van der Waals surface area contributed by atoms with Gasteiger partial charge in [0.05, 0.1) is 4.92 Å². The van der Waals surface area contributed by atoms with Gasteiger partial charge in [-0.3, -0.25) is 10.1 Å². The number of rotatable bonds is 6. The van der Waals surface area contributed by atoms with E-state index in [1.54, 1.807) is 12.1 Å². The largest absolute Gasteiger partial charge is 0.393 e. The molecule has 1 atom stereocenters. The van der Waals surface area contributed by atoms with Crippen LogP contribution in [-0.4, -0.2) is 11.0 Å². The number of anilines is 2. The molecule has 0 aliphatic heterocycles. The highest BCUT2D eigenvalue weighted by molar-refractivity contribution is 5.65. The highest BCUT2D eigenvalue weighted by Crippen LogP contribution is 2.25. The van der Waals surface area contributed by atoms with Crippen molar-refractivity contribution in [2.45, 2.75) is 39.2 Å². The van der Waals surface area contributed by atoms with Gasteiger partial charge >= 0.3 is 0 Å². The highest BCUT2D eigenvalue weighted by atomic mass is 16.6. The lowest BCUT2D eigenvalue weighted by atomic mass is 10.1. The Morgan fingerprint density at radius 1 is 1.53 bits per heavy atom. The van der Waals surface area contributed by atoms with E-state index in [2.05, 4.69) is 19.2 Å². The summed E-state index contributed by atoms with van der Waals surface area (Å²) in [6.45, 7) is 4.24. The molecule has 0 heterocycles. The molecule has 94 valence electrons. The fourth-order valence-electron chi connectivity index (χ4n) is 1.68. The van der Waals surface area contributed by atoms with E-state index in [4.69, 9.17) is 5.73 Å². The van der Waals surface area contributed by atoms with Gasteiger partial charge in [0, 0.05) is 17.8 Å². The standard InChI is InChI=1S/C12H19N3O2/c1-3-4-5-9(2)14-10-6-7-12(15(16)17)11(13)8-10/h6-9,14H,3-5,13H2,1-2H3. The Balaban J connectivity index is 2.67. The molecular formula is C12H19N3O2. The Morgan fingerprint density at radius 3 is 2.76 bits per heavy atom. The first-order valence-electron chi connectivity index (χ1n) is 5.85. The third-order valence-corrected chi connectivity index (χ3v) is 2.63.